The van der Waals surface area contributed by atoms with Crippen molar-refractivity contribution in [3.63, 3.8) is 0 Å². The lowest BCUT2D eigenvalue weighted by molar-refractivity contribution is -0.115. The molecule has 10 heteroatoms. The molecule has 0 spiro atoms. The zero-order valence-electron chi connectivity index (χ0n) is 17.5. The molecule has 3 heterocycles. The molecule has 1 atom stereocenters. The molecular formula is C22H21F2N7O. The van der Waals surface area contributed by atoms with Crippen molar-refractivity contribution >= 4 is 28.6 Å². The number of nitrogens with one attached hydrogen (secondary N) is 2. The molecule has 2 N–H and O–H groups in total. The number of carbonyl (C=O) groups is 1. The number of anilines is 2. The number of aryl methyl sites for hydroxylation is 1. The Kier molecular flexibility index (Phi) is 6.02. The third-order valence-electron chi connectivity index (χ3n) is 4.84. The Morgan fingerprint density at radius 2 is 2.03 bits per heavy atom. The summed E-state index contributed by atoms with van der Waals surface area (Å²) in [6, 6.07) is 5.09. The van der Waals surface area contributed by atoms with E-state index in [2.05, 4.69) is 30.7 Å². The fraction of sp³-hybridized carbons (Fsp3) is 0.227. The smallest absolute Gasteiger partial charge is 0.228 e. The molecule has 0 aliphatic rings. The molecule has 0 radical (unpaired) electrons. The van der Waals surface area contributed by atoms with Crippen molar-refractivity contribution in [2.45, 2.75) is 32.9 Å². The van der Waals surface area contributed by atoms with E-state index in [-0.39, 0.29) is 12.3 Å². The van der Waals surface area contributed by atoms with Gasteiger partial charge in [-0.25, -0.2) is 18.7 Å². The van der Waals surface area contributed by atoms with Crippen LogP contribution in [0.2, 0.25) is 0 Å². The number of fused-ring (bicyclic) bond motifs is 1. The summed E-state index contributed by atoms with van der Waals surface area (Å²) in [6.45, 7) is 4.45. The van der Waals surface area contributed by atoms with Gasteiger partial charge in [-0.15, -0.1) is 0 Å². The van der Waals surface area contributed by atoms with Crippen molar-refractivity contribution in [2.24, 2.45) is 0 Å². The molecule has 32 heavy (non-hydrogen) atoms. The molecule has 164 valence electrons. The van der Waals surface area contributed by atoms with Gasteiger partial charge in [0.25, 0.3) is 0 Å². The normalized spacial score (nSPS) is 12.0. The first kappa shape index (κ1) is 21.3. The molecule has 0 aliphatic heterocycles. The number of nitrogens with zero attached hydrogens (tertiary/aromatic N) is 5. The van der Waals surface area contributed by atoms with E-state index in [1.165, 1.54) is 24.4 Å². The molecule has 0 bridgehead atoms. The van der Waals surface area contributed by atoms with Crippen LogP contribution in [0, 0.1) is 11.6 Å². The van der Waals surface area contributed by atoms with Gasteiger partial charge in [0.2, 0.25) is 11.6 Å². The molecular weight excluding hydrogens is 416 g/mol. The summed E-state index contributed by atoms with van der Waals surface area (Å²) in [6.07, 6.45) is 5.81. The summed E-state index contributed by atoms with van der Waals surface area (Å²) < 4.78 is 29.5. The third kappa shape index (κ3) is 4.85. The lowest BCUT2D eigenvalue weighted by Crippen LogP contribution is -2.16. The molecule has 3 aromatic heterocycles. The van der Waals surface area contributed by atoms with E-state index in [4.69, 9.17) is 0 Å². The molecule has 4 rings (SSSR count). The highest BCUT2D eigenvalue weighted by atomic mass is 19.1. The number of halogens is 2. The number of rotatable bonds is 7. The van der Waals surface area contributed by atoms with Crippen LogP contribution in [0.1, 0.15) is 31.0 Å². The van der Waals surface area contributed by atoms with Crippen LogP contribution in [0.4, 0.5) is 20.3 Å². The van der Waals surface area contributed by atoms with Crippen molar-refractivity contribution in [3.05, 3.63) is 71.8 Å². The van der Waals surface area contributed by atoms with Gasteiger partial charge in [0.1, 0.15) is 23.0 Å². The maximum atomic E-state index is 14.5. The zero-order chi connectivity index (χ0) is 22.7. The van der Waals surface area contributed by atoms with E-state index in [9.17, 15) is 13.6 Å². The maximum absolute atomic E-state index is 14.5. The van der Waals surface area contributed by atoms with E-state index in [0.717, 1.165) is 6.20 Å². The molecule has 8 nitrogen and oxygen atoms in total. The summed E-state index contributed by atoms with van der Waals surface area (Å²) in [5, 5.41) is 10.2. The number of pyridine rings is 1. The van der Waals surface area contributed by atoms with Gasteiger partial charge in [0.15, 0.2) is 0 Å². The predicted octanol–water partition coefficient (Wildman–Crippen LogP) is 3.87. The van der Waals surface area contributed by atoms with E-state index in [0.29, 0.717) is 40.3 Å². The van der Waals surface area contributed by atoms with Crippen LogP contribution in [-0.2, 0) is 17.8 Å². The van der Waals surface area contributed by atoms with Crippen molar-refractivity contribution < 1.29 is 13.6 Å². The van der Waals surface area contributed by atoms with Crippen LogP contribution in [0.5, 0.6) is 0 Å². The minimum Gasteiger partial charge on any atom is -0.362 e. The quantitative estimate of drug-likeness (QED) is 0.456. The van der Waals surface area contributed by atoms with Gasteiger partial charge in [0, 0.05) is 24.0 Å². The van der Waals surface area contributed by atoms with Gasteiger partial charge in [0.05, 0.1) is 31.1 Å². The van der Waals surface area contributed by atoms with E-state index < -0.39 is 17.7 Å². The van der Waals surface area contributed by atoms with E-state index >= 15 is 0 Å². The summed E-state index contributed by atoms with van der Waals surface area (Å²) in [5.41, 5.74) is 2.38. The molecule has 0 aliphatic carbocycles. The monoisotopic (exact) mass is 437 g/mol. The van der Waals surface area contributed by atoms with Crippen molar-refractivity contribution in [3.8, 4) is 0 Å². The Morgan fingerprint density at radius 1 is 1.19 bits per heavy atom. The molecule has 0 saturated heterocycles. The number of aromatic nitrogens is 5. The lowest BCUT2D eigenvalue weighted by atomic mass is 10.1. The van der Waals surface area contributed by atoms with Gasteiger partial charge in [-0.3, -0.25) is 14.5 Å². The van der Waals surface area contributed by atoms with Crippen molar-refractivity contribution in [2.75, 3.05) is 10.6 Å². The standard InChI is InChI=1S/C22H21F2N7O/c1-3-31-12-19-22(30-31)29-20(11-26-19)27-13(2)17-8-16(4-5-18(17)24)28-21(32)7-14-6-15(23)10-25-9-14/h4-6,8-13H,3,7H2,1-2H3,(H,28,32)(H,27,29,30)/t13-/m0/s1. The Hall–Kier alpha value is -3.95. The Bertz CT molecular complexity index is 1270. The number of hydrogen-bond acceptors (Lipinski definition) is 6. The second kappa shape index (κ2) is 9.04. The van der Waals surface area contributed by atoms with Gasteiger partial charge in [-0.05, 0) is 43.7 Å². The Morgan fingerprint density at radius 3 is 2.81 bits per heavy atom. The molecule has 1 amide bonds. The van der Waals surface area contributed by atoms with Crippen molar-refractivity contribution in [1.29, 1.82) is 0 Å². The van der Waals surface area contributed by atoms with Crippen LogP contribution >= 0.6 is 0 Å². The number of hydrogen-bond donors (Lipinski definition) is 2. The number of amides is 1. The second-order valence-electron chi connectivity index (χ2n) is 7.29. The van der Waals surface area contributed by atoms with Gasteiger partial charge in [-0.2, -0.15) is 5.10 Å². The highest BCUT2D eigenvalue weighted by Gasteiger charge is 2.15. The van der Waals surface area contributed by atoms with Crippen LogP contribution in [0.25, 0.3) is 11.2 Å². The highest BCUT2D eigenvalue weighted by molar-refractivity contribution is 5.92. The average molecular weight is 437 g/mol. The summed E-state index contributed by atoms with van der Waals surface area (Å²) in [4.78, 5) is 24.8. The Labute approximate surface area is 182 Å². The van der Waals surface area contributed by atoms with Crippen LogP contribution < -0.4 is 10.6 Å². The third-order valence-corrected chi connectivity index (χ3v) is 4.84. The minimum absolute atomic E-state index is 0.0503. The zero-order valence-corrected chi connectivity index (χ0v) is 17.5. The molecule has 1 aromatic carbocycles. The summed E-state index contributed by atoms with van der Waals surface area (Å²) in [7, 11) is 0. The highest BCUT2D eigenvalue weighted by Crippen LogP contribution is 2.24. The first-order valence-electron chi connectivity index (χ1n) is 10.1. The topological polar surface area (TPSA) is 97.6 Å². The predicted molar refractivity (Wildman–Crippen MR) is 116 cm³/mol. The molecule has 4 aromatic rings. The molecule has 0 fully saturated rings. The molecule has 0 saturated carbocycles. The first-order chi connectivity index (χ1) is 15.4. The second-order valence-corrected chi connectivity index (χ2v) is 7.29. The van der Waals surface area contributed by atoms with Crippen LogP contribution in [0.3, 0.4) is 0 Å². The fourth-order valence-electron chi connectivity index (χ4n) is 3.27. The summed E-state index contributed by atoms with van der Waals surface area (Å²) >= 11 is 0. The summed E-state index contributed by atoms with van der Waals surface area (Å²) in [5.74, 6) is -0.846. The fourth-order valence-corrected chi connectivity index (χ4v) is 3.27. The first-order valence-corrected chi connectivity index (χ1v) is 10.1. The van der Waals surface area contributed by atoms with Crippen molar-refractivity contribution in [1.82, 2.24) is 24.7 Å². The van der Waals surface area contributed by atoms with E-state index in [1.54, 1.807) is 30.1 Å². The largest absolute Gasteiger partial charge is 0.362 e. The molecule has 0 unspecified atom stereocenters. The van der Waals surface area contributed by atoms with Gasteiger partial charge in [-0.1, -0.05) is 0 Å². The van der Waals surface area contributed by atoms with Gasteiger partial charge >= 0.3 is 0 Å². The average Bonchev–Trinajstić information content (AvgIpc) is 3.17. The SMILES string of the molecule is CCn1cc2ncc(N[C@@H](C)c3cc(NC(=O)Cc4cncc(F)c4)ccc3F)nc2n1. The van der Waals surface area contributed by atoms with Crippen LogP contribution in [-0.4, -0.2) is 30.6 Å². The van der Waals surface area contributed by atoms with Crippen LogP contribution in [0.15, 0.2) is 49.1 Å². The minimum atomic E-state index is -0.512. The Balaban J connectivity index is 1.47. The van der Waals surface area contributed by atoms with E-state index in [1.807, 2.05) is 6.92 Å². The number of benzene rings is 1. The number of carbonyl (C=O) groups excluding carboxylic acids is 1. The van der Waals surface area contributed by atoms with Gasteiger partial charge < -0.3 is 10.6 Å². The lowest BCUT2D eigenvalue weighted by Gasteiger charge is -2.17. The maximum Gasteiger partial charge on any atom is 0.228 e.